The summed E-state index contributed by atoms with van der Waals surface area (Å²) in [6.45, 7) is 2.33. The molecule has 0 radical (unpaired) electrons. The van der Waals surface area contributed by atoms with Crippen molar-refractivity contribution in [2.24, 2.45) is 5.92 Å². The summed E-state index contributed by atoms with van der Waals surface area (Å²) >= 11 is 2.04. The zero-order valence-electron chi connectivity index (χ0n) is 15.2. The molecule has 2 heterocycles. The second kappa shape index (κ2) is 5.77. The average Bonchev–Trinajstić information content (AvgIpc) is 3.24. The maximum Gasteiger partial charge on any atom is 0.0607 e. The zero-order chi connectivity index (χ0) is 18.0. The molecule has 0 spiro atoms. The predicted octanol–water partition coefficient (Wildman–Crippen LogP) is 6.90. The van der Waals surface area contributed by atoms with E-state index >= 15 is 0 Å². The van der Waals surface area contributed by atoms with Gasteiger partial charge in [-0.3, -0.25) is 0 Å². The molecule has 4 atom stereocenters. The largest absolute Gasteiger partial charge is 0.335 e. The minimum absolute atomic E-state index is 0.375. The van der Waals surface area contributed by atoms with Crippen LogP contribution in [0.4, 0.5) is 0 Å². The van der Waals surface area contributed by atoms with E-state index in [1.165, 1.54) is 32.6 Å². The van der Waals surface area contributed by atoms with Crippen LogP contribution in [0.15, 0.2) is 83.8 Å². The van der Waals surface area contributed by atoms with Crippen molar-refractivity contribution in [2.75, 3.05) is 0 Å². The van der Waals surface area contributed by atoms with Gasteiger partial charge in [0.2, 0.25) is 0 Å². The summed E-state index contributed by atoms with van der Waals surface area (Å²) in [5.74, 6) is 0.966. The summed E-state index contributed by atoms with van der Waals surface area (Å²) in [6, 6.07) is 18.2. The number of rotatable bonds is 1. The van der Waals surface area contributed by atoms with E-state index in [4.69, 9.17) is 0 Å². The Labute approximate surface area is 164 Å². The van der Waals surface area contributed by atoms with Gasteiger partial charge in [0.25, 0.3) is 0 Å². The van der Waals surface area contributed by atoms with Crippen LogP contribution in [-0.4, -0.2) is 4.57 Å². The molecule has 1 aliphatic heterocycles. The third kappa shape index (κ3) is 2.14. The lowest BCUT2D eigenvalue weighted by atomic mass is 9.87. The first-order chi connectivity index (χ1) is 13.3. The molecule has 132 valence electrons. The van der Waals surface area contributed by atoms with Gasteiger partial charge in [-0.25, -0.2) is 0 Å². The first-order valence-electron chi connectivity index (χ1n) is 9.74. The number of aromatic nitrogens is 1. The third-order valence-corrected chi connectivity index (χ3v) is 7.65. The van der Waals surface area contributed by atoms with Crippen molar-refractivity contribution >= 4 is 28.7 Å². The Morgan fingerprint density at radius 2 is 1.70 bits per heavy atom. The molecule has 0 saturated carbocycles. The van der Waals surface area contributed by atoms with E-state index in [2.05, 4.69) is 96.5 Å². The van der Waals surface area contributed by atoms with Gasteiger partial charge in [0, 0.05) is 33.0 Å². The lowest BCUT2D eigenvalue weighted by molar-refractivity contribution is 0.480. The molecule has 0 N–H and O–H groups in total. The summed E-state index contributed by atoms with van der Waals surface area (Å²) in [5.41, 5.74) is 5.77. The summed E-state index contributed by atoms with van der Waals surface area (Å²) in [6.07, 6.45) is 13.9. The van der Waals surface area contributed by atoms with Gasteiger partial charge in [0.15, 0.2) is 0 Å². The number of thioether (sulfide) groups is 1. The van der Waals surface area contributed by atoms with Crippen LogP contribution in [0.1, 0.15) is 41.0 Å². The minimum Gasteiger partial charge on any atom is -0.335 e. The summed E-state index contributed by atoms with van der Waals surface area (Å²) < 4.78 is 2.63. The van der Waals surface area contributed by atoms with Gasteiger partial charge in [-0.05, 0) is 23.6 Å². The summed E-state index contributed by atoms with van der Waals surface area (Å²) in [4.78, 5) is 1.44. The molecule has 1 aromatic heterocycles. The van der Waals surface area contributed by atoms with Crippen LogP contribution in [0.25, 0.3) is 17.0 Å². The van der Waals surface area contributed by atoms with Crippen LogP contribution in [-0.2, 0) is 0 Å². The van der Waals surface area contributed by atoms with Gasteiger partial charge in [-0.2, -0.15) is 0 Å². The van der Waals surface area contributed by atoms with E-state index in [1.54, 1.807) is 0 Å². The van der Waals surface area contributed by atoms with E-state index < -0.39 is 0 Å². The highest BCUT2D eigenvalue weighted by Crippen LogP contribution is 2.59. The highest BCUT2D eigenvalue weighted by molar-refractivity contribution is 8.00. The van der Waals surface area contributed by atoms with Gasteiger partial charge >= 0.3 is 0 Å². The zero-order valence-corrected chi connectivity index (χ0v) is 16.1. The molecule has 2 aromatic carbocycles. The highest BCUT2D eigenvalue weighted by Gasteiger charge is 2.40. The van der Waals surface area contributed by atoms with Crippen molar-refractivity contribution in [3.63, 3.8) is 0 Å². The topological polar surface area (TPSA) is 4.93 Å². The number of fused-ring (bicyclic) bond motifs is 7. The van der Waals surface area contributed by atoms with Crippen LogP contribution in [0.5, 0.6) is 0 Å². The van der Waals surface area contributed by atoms with Crippen LogP contribution >= 0.6 is 11.8 Å². The number of para-hydroxylation sites is 1. The highest BCUT2D eigenvalue weighted by atomic mass is 32.2. The molecular formula is C25H21NS. The molecule has 1 nitrogen and oxygen atoms in total. The Balaban J connectivity index is 1.63. The quantitative estimate of drug-likeness (QED) is 0.453. The molecular weight excluding hydrogens is 346 g/mol. The monoisotopic (exact) mass is 367 g/mol. The Morgan fingerprint density at radius 1 is 0.889 bits per heavy atom. The molecule has 3 aliphatic rings. The van der Waals surface area contributed by atoms with E-state index in [1.807, 2.05) is 11.8 Å². The van der Waals surface area contributed by atoms with Crippen molar-refractivity contribution in [1.82, 2.24) is 4.57 Å². The second-order valence-corrected chi connectivity index (χ2v) is 8.95. The molecule has 27 heavy (non-hydrogen) atoms. The van der Waals surface area contributed by atoms with E-state index in [0.717, 1.165) is 0 Å². The van der Waals surface area contributed by atoms with Crippen molar-refractivity contribution < 1.29 is 0 Å². The third-order valence-electron chi connectivity index (χ3n) is 6.26. The fraction of sp³-hybridized carbons (Fsp3) is 0.200. The number of allylic oxidation sites excluding steroid dienone is 5. The minimum atomic E-state index is 0.375. The number of hydrogen-bond donors (Lipinski definition) is 0. The predicted molar refractivity (Wildman–Crippen MR) is 115 cm³/mol. The molecule has 3 aromatic rings. The summed E-state index contributed by atoms with van der Waals surface area (Å²) in [5, 5.41) is 1.84. The smallest absolute Gasteiger partial charge is 0.0607 e. The van der Waals surface area contributed by atoms with E-state index in [-0.39, 0.29) is 0 Å². The van der Waals surface area contributed by atoms with Crippen molar-refractivity contribution in [3.05, 3.63) is 95.7 Å². The first-order valence-corrected chi connectivity index (χ1v) is 10.6. The fourth-order valence-corrected chi connectivity index (χ4v) is 6.50. The van der Waals surface area contributed by atoms with Gasteiger partial charge in [0.1, 0.15) is 0 Å². The Hall–Kier alpha value is -2.45. The van der Waals surface area contributed by atoms with Crippen LogP contribution < -0.4 is 0 Å². The molecule has 0 fully saturated rings. The maximum absolute atomic E-state index is 2.63. The number of benzene rings is 2. The van der Waals surface area contributed by atoms with Crippen molar-refractivity contribution in [3.8, 4) is 0 Å². The SMILES string of the molecule is CC1C=CC=CC1n1c2c(c3ccccc31)C=CC1c3ccccc3SC21. The van der Waals surface area contributed by atoms with E-state index in [9.17, 15) is 0 Å². The van der Waals surface area contributed by atoms with Crippen molar-refractivity contribution in [1.29, 1.82) is 0 Å². The van der Waals surface area contributed by atoms with E-state index in [0.29, 0.717) is 23.1 Å². The molecule has 0 bridgehead atoms. The molecule has 6 rings (SSSR count). The number of hydrogen-bond acceptors (Lipinski definition) is 1. The maximum atomic E-state index is 2.63. The van der Waals surface area contributed by atoms with Crippen LogP contribution in [0.2, 0.25) is 0 Å². The molecule has 4 unspecified atom stereocenters. The van der Waals surface area contributed by atoms with Gasteiger partial charge < -0.3 is 4.57 Å². The Kier molecular flexibility index (Phi) is 3.33. The first kappa shape index (κ1) is 15.6. The lowest BCUT2D eigenvalue weighted by Gasteiger charge is -2.30. The lowest BCUT2D eigenvalue weighted by Crippen LogP contribution is -2.20. The molecule has 0 amide bonds. The summed E-state index contributed by atoms with van der Waals surface area (Å²) in [7, 11) is 0. The Morgan fingerprint density at radius 3 is 2.63 bits per heavy atom. The normalized spacial score (nSPS) is 27.6. The van der Waals surface area contributed by atoms with Gasteiger partial charge in [0.05, 0.1) is 11.3 Å². The van der Waals surface area contributed by atoms with Crippen molar-refractivity contribution in [2.45, 2.75) is 29.0 Å². The van der Waals surface area contributed by atoms with Gasteiger partial charge in [-0.1, -0.05) is 79.8 Å². The molecule has 2 heteroatoms. The average molecular weight is 368 g/mol. The molecule has 0 saturated heterocycles. The second-order valence-electron chi connectivity index (χ2n) is 7.77. The standard InChI is InChI=1S/C25H21NS/c1-16-8-2-5-11-21(16)26-22-12-6-3-9-17(22)19-14-15-20-18-10-4-7-13-23(18)27-25(20)24(19)26/h2-16,20-21,25H,1H3. The Bertz CT molecular complexity index is 1150. The fourth-order valence-electron chi connectivity index (χ4n) is 4.99. The van der Waals surface area contributed by atoms with Crippen LogP contribution in [0.3, 0.4) is 0 Å². The van der Waals surface area contributed by atoms with Crippen LogP contribution in [0, 0.1) is 5.92 Å². The number of nitrogens with zero attached hydrogens (tertiary/aromatic N) is 1. The van der Waals surface area contributed by atoms with Gasteiger partial charge in [-0.15, -0.1) is 11.8 Å². The molecule has 2 aliphatic carbocycles.